The molecule has 1 amide bonds. The number of pyridine rings is 1. The summed E-state index contributed by atoms with van der Waals surface area (Å²) in [6.07, 6.45) is -3.22. The van der Waals surface area contributed by atoms with Gasteiger partial charge in [-0.25, -0.2) is 9.67 Å². The summed E-state index contributed by atoms with van der Waals surface area (Å²) in [6.45, 7) is 0. The van der Waals surface area contributed by atoms with Gasteiger partial charge >= 0.3 is 6.18 Å². The van der Waals surface area contributed by atoms with Crippen LogP contribution in [0.1, 0.15) is 21.5 Å². The van der Waals surface area contributed by atoms with Gasteiger partial charge in [-0.05, 0) is 24.3 Å². The highest BCUT2D eigenvalue weighted by molar-refractivity contribution is 6.30. The predicted octanol–water partition coefficient (Wildman–Crippen LogP) is 4.06. The summed E-state index contributed by atoms with van der Waals surface area (Å²) in [5.74, 6) is -0.645. The number of aromatic nitrogens is 3. The summed E-state index contributed by atoms with van der Waals surface area (Å²) in [4.78, 5) is 16.2. The van der Waals surface area contributed by atoms with E-state index in [0.717, 1.165) is 12.1 Å². The van der Waals surface area contributed by atoms with Crippen molar-refractivity contribution in [1.82, 2.24) is 14.8 Å². The fourth-order valence-electron chi connectivity index (χ4n) is 2.27. The first kappa shape index (κ1) is 18.4. The standard InChI is InChI=1S/C17H9ClF3N5O/c18-15-10(9-22)5-6-14(24-15)26-8-7-13(25-26)23-16(27)11-3-1-2-4-12(11)17(19,20)21/h1-8H,(H,23,25,27). The molecule has 27 heavy (non-hydrogen) atoms. The van der Waals surface area contributed by atoms with Crippen molar-refractivity contribution >= 4 is 23.3 Å². The Hall–Kier alpha value is -3.38. The number of carbonyl (C=O) groups is 1. The largest absolute Gasteiger partial charge is 0.417 e. The molecule has 0 spiro atoms. The molecule has 3 aromatic rings. The number of amides is 1. The van der Waals surface area contributed by atoms with Crippen LogP contribution in [-0.4, -0.2) is 20.7 Å². The monoisotopic (exact) mass is 391 g/mol. The van der Waals surface area contributed by atoms with Crippen molar-refractivity contribution in [2.45, 2.75) is 6.18 Å². The number of halogens is 4. The summed E-state index contributed by atoms with van der Waals surface area (Å²) < 4.78 is 40.3. The maximum absolute atomic E-state index is 13.0. The van der Waals surface area contributed by atoms with E-state index in [4.69, 9.17) is 16.9 Å². The van der Waals surface area contributed by atoms with Crippen molar-refractivity contribution in [3.63, 3.8) is 0 Å². The van der Waals surface area contributed by atoms with Crippen LogP contribution in [0.2, 0.25) is 5.15 Å². The lowest BCUT2D eigenvalue weighted by Crippen LogP contribution is -2.19. The molecule has 6 nitrogen and oxygen atoms in total. The van der Waals surface area contributed by atoms with Gasteiger partial charge in [0, 0.05) is 12.3 Å². The van der Waals surface area contributed by atoms with Gasteiger partial charge in [0.05, 0.1) is 16.7 Å². The lowest BCUT2D eigenvalue weighted by Gasteiger charge is -2.11. The molecule has 2 heterocycles. The second-order valence-corrected chi connectivity index (χ2v) is 5.62. The zero-order valence-corrected chi connectivity index (χ0v) is 14.1. The molecule has 2 aromatic heterocycles. The number of hydrogen-bond donors (Lipinski definition) is 1. The van der Waals surface area contributed by atoms with Gasteiger partial charge < -0.3 is 5.32 Å². The van der Waals surface area contributed by atoms with Crippen LogP contribution in [0.4, 0.5) is 19.0 Å². The Bertz CT molecular complexity index is 1060. The molecule has 0 unspecified atom stereocenters. The maximum Gasteiger partial charge on any atom is 0.417 e. The molecule has 10 heteroatoms. The number of hydrogen-bond acceptors (Lipinski definition) is 4. The highest BCUT2D eigenvalue weighted by atomic mass is 35.5. The molecule has 1 N–H and O–H groups in total. The quantitative estimate of drug-likeness (QED) is 0.682. The molecule has 0 atom stereocenters. The van der Waals surface area contributed by atoms with Crippen molar-refractivity contribution in [2.24, 2.45) is 0 Å². The minimum Gasteiger partial charge on any atom is -0.305 e. The number of nitrogens with one attached hydrogen (secondary N) is 1. The zero-order chi connectivity index (χ0) is 19.6. The number of rotatable bonds is 3. The van der Waals surface area contributed by atoms with E-state index in [1.165, 1.54) is 41.2 Å². The number of alkyl halides is 3. The number of nitriles is 1. The average molecular weight is 392 g/mol. The molecular weight excluding hydrogens is 383 g/mol. The van der Waals surface area contributed by atoms with Crippen LogP contribution >= 0.6 is 11.6 Å². The van der Waals surface area contributed by atoms with Crippen molar-refractivity contribution < 1.29 is 18.0 Å². The number of nitrogens with zero attached hydrogens (tertiary/aromatic N) is 4. The molecule has 0 bridgehead atoms. The van der Waals surface area contributed by atoms with Gasteiger partial charge in [-0.3, -0.25) is 4.79 Å². The molecule has 0 saturated heterocycles. The van der Waals surface area contributed by atoms with Crippen LogP contribution in [0, 0.1) is 11.3 Å². The molecule has 1 aromatic carbocycles. The van der Waals surface area contributed by atoms with Gasteiger partial charge in [-0.2, -0.15) is 18.4 Å². The van der Waals surface area contributed by atoms with Gasteiger partial charge in [0.15, 0.2) is 11.6 Å². The number of carbonyl (C=O) groups excluding carboxylic acids is 1. The van der Waals surface area contributed by atoms with E-state index >= 15 is 0 Å². The first-order valence-electron chi connectivity index (χ1n) is 7.40. The summed E-state index contributed by atoms with van der Waals surface area (Å²) >= 11 is 5.86. The molecular formula is C17H9ClF3N5O. The molecule has 0 aliphatic carbocycles. The molecule has 0 fully saturated rings. The first-order chi connectivity index (χ1) is 12.8. The lowest BCUT2D eigenvalue weighted by molar-refractivity contribution is -0.137. The van der Waals surface area contributed by atoms with E-state index < -0.39 is 23.2 Å². The summed E-state index contributed by atoms with van der Waals surface area (Å²) in [5.41, 5.74) is -1.37. The smallest absolute Gasteiger partial charge is 0.305 e. The van der Waals surface area contributed by atoms with Crippen LogP contribution < -0.4 is 5.32 Å². The van der Waals surface area contributed by atoms with Gasteiger partial charge in [0.1, 0.15) is 11.2 Å². The molecule has 0 aliphatic rings. The predicted molar refractivity (Wildman–Crippen MR) is 90.5 cm³/mol. The topological polar surface area (TPSA) is 83.6 Å². The van der Waals surface area contributed by atoms with Crippen molar-refractivity contribution in [3.05, 3.63) is 70.5 Å². The van der Waals surface area contributed by atoms with E-state index in [1.54, 1.807) is 0 Å². The Morgan fingerprint density at radius 1 is 1.19 bits per heavy atom. The minimum atomic E-state index is -4.66. The minimum absolute atomic E-state index is 0.0183. The normalized spacial score (nSPS) is 11.1. The Labute approximate surface area is 155 Å². The Morgan fingerprint density at radius 2 is 1.93 bits per heavy atom. The zero-order valence-electron chi connectivity index (χ0n) is 13.3. The Kier molecular flexibility index (Phi) is 4.83. The SMILES string of the molecule is N#Cc1ccc(-n2ccc(NC(=O)c3ccccc3C(F)(F)F)n2)nc1Cl. The van der Waals surface area contributed by atoms with E-state index in [9.17, 15) is 18.0 Å². The second kappa shape index (κ2) is 7.09. The highest BCUT2D eigenvalue weighted by Gasteiger charge is 2.34. The Morgan fingerprint density at radius 3 is 2.59 bits per heavy atom. The molecule has 0 saturated carbocycles. The third-order valence-electron chi connectivity index (χ3n) is 3.50. The average Bonchev–Trinajstić information content (AvgIpc) is 3.09. The lowest BCUT2D eigenvalue weighted by atomic mass is 10.1. The van der Waals surface area contributed by atoms with Crippen molar-refractivity contribution in [3.8, 4) is 11.9 Å². The maximum atomic E-state index is 13.0. The second-order valence-electron chi connectivity index (χ2n) is 5.26. The summed E-state index contributed by atoms with van der Waals surface area (Å²) in [6, 6.07) is 10.6. The van der Waals surface area contributed by atoms with Gasteiger partial charge in [0.25, 0.3) is 5.91 Å². The highest BCUT2D eigenvalue weighted by Crippen LogP contribution is 2.32. The molecule has 0 radical (unpaired) electrons. The van der Waals surface area contributed by atoms with Crippen LogP contribution in [0.5, 0.6) is 0 Å². The first-order valence-corrected chi connectivity index (χ1v) is 7.77. The van der Waals surface area contributed by atoms with Gasteiger partial charge in [-0.15, -0.1) is 5.10 Å². The summed E-state index contributed by atoms with van der Waals surface area (Å²) in [7, 11) is 0. The Balaban J connectivity index is 1.84. The molecule has 0 aliphatic heterocycles. The van der Waals surface area contributed by atoms with Crippen LogP contribution in [0.15, 0.2) is 48.7 Å². The van der Waals surface area contributed by atoms with Crippen LogP contribution in [-0.2, 0) is 6.18 Å². The van der Waals surface area contributed by atoms with E-state index in [0.29, 0.717) is 0 Å². The number of anilines is 1. The van der Waals surface area contributed by atoms with Crippen molar-refractivity contribution in [1.29, 1.82) is 5.26 Å². The number of benzene rings is 1. The van der Waals surface area contributed by atoms with Gasteiger partial charge in [0.2, 0.25) is 0 Å². The van der Waals surface area contributed by atoms with E-state index in [2.05, 4.69) is 15.4 Å². The van der Waals surface area contributed by atoms with E-state index in [-0.39, 0.29) is 22.4 Å². The molecule has 3 rings (SSSR count). The molecule has 136 valence electrons. The third-order valence-corrected chi connectivity index (χ3v) is 3.79. The fourth-order valence-corrected chi connectivity index (χ4v) is 2.46. The van der Waals surface area contributed by atoms with E-state index in [1.807, 2.05) is 6.07 Å². The van der Waals surface area contributed by atoms with Crippen LogP contribution in [0.3, 0.4) is 0 Å². The fraction of sp³-hybridized carbons (Fsp3) is 0.0588. The summed E-state index contributed by atoms with van der Waals surface area (Å²) in [5, 5.41) is 15.2. The third kappa shape index (κ3) is 3.91. The van der Waals surface area contributed by atoms with Gasteiger partial charge in [-0.1, -0.05) is 23.7 Å². The van der Waals surface area contributed by atoms with Crippen LogP contribution in [0.25, 0.3) is 5.82 Å². The van der Waals surface area contributed by atoms with Crippen molar-refractivity contribution in [2.75, 3.05) is 5.32 Å².